The SMILES string of the molecule is CS(=O)NC1CCCN(C(=O)C2CC2c2cccc(C(F)F)c2-c2ccccc2)C1. The van der Waals surface area contributed by atoms with Gasteiger partial charge in [-0.3, -0.25) is 4.79 Å². The van der Waals surface area contributed by atoms with Crippen LogP contribution in [0.5, 0.6) is 0 Å². The number of halogens is 2. The van der Waals surface area contributed by atoms with Crippen LogP contribution in [-0.4, -0.2) is 40.4 Å². The van der Waals surface area contributed by atoms with Gasteiger partial charge in [0.25, 0.3) is 6.43 Å². The number of carbonyl (C=O) groups is 1. The van der Waals surface area contributed by atoms with E-state index in [-0.39, 0.29) is 29.3 Å². The van der Waals surface area contributed by atoms with Gasteiger partial charge in [-0.05, 0) is 41.9 Å². The average Bonchev–Trinajstić information content (AvgIpc) is 3.53. The molecule has 0 aromatic heterocycles. The summed E-state index contributed by atoms with van der Waals surface area (Å²) in [4.78, 5) is 15.0. The van der Waals surface area contributed by atoms with E-state index in [1.54, 1.807) is 12.3 Å². The van der Waals surface area contributed by atoms with Crippen LogP contribution in [0.25, 0.3) is 11.1 Å². The molecule has 4 unspecified atom stereocenters. The lowest BCUT2D eigenvalue weighted by Crippen LogP contribution is -2.48. The second kappa shape index (κ2) is 8.94. The van der Waals surface area contributed by atoms with Gasteiger partial charge in [0.2, 0.25) is 5.91 Å². The molecule has 2 fully saturated rings. The Morgan fingerprint density at radius 2 is 1.93 bits per heavy atom. The number of carbonyl (C=O) groups excluding carboxylic acids is 1. The van der Waals surface area contributed by atoms with Crippen LogP contribution >= 0.6 is 0 Å². The normalized spacial score (nSPS) is 24.7. The number of nitrogens with zero attached hydrogens (tertiary/aromatic N) is 1. The largest absolute Gasteiger partial charge is 0.341 e. The summed E-state index contributed by atoms with van der Waals surface area (Å²) < 4.78 is 42.0. The number of amides is 1. The van der Waals surface area contributed by atoms with Crippen LogP contribution < -0.4 is 4.72 Å². The summed E-state index contributed by atoms with van der Waals surface area (Å²) in [7, 11) is -1.11. The Morgan fingerprint density at radius 3 is 2.63 bits per heavy atom. The van der Waals surface area contributed by atoms with E-state index in [9.17, 15) is 17.8 Å². The van der Waals surface area contributed by atoms with Crippen molar-refractivity contribution in [3.05, 3.63) is 59.7 Å². The molecule has 1 saturated heterocycles. The summed E-state index contributed by atoms with van der Waals surface area (Å²) in [5.74, 6) is -0.138. The summed E-state index contributed by atoms with van der Waals surface area (Å²) in [5, 5.41) is 0. The van der Waals surface area contributed by atoms with Crippen molar-refractivity contribution < 1.29 is 17.8 Å². The van der Waals surface area contributed by atoms with Crippen molar-refractivity contribution in [2.75, 3.05) is 19.3 Å². The summed E-state index contributed by atoms with van der Waals surface area (Å²) >= 11 is 0. The van der Waals surface area contributed by atoms with Gasteiger partial charge in [0.1, 0.15) is 0 Å². The third-order valence-corrected chi connectivity index (χ3v) is 6.66. The van der Waals surface area contributed by atoms with E-state index in [1.807, 2.05) is 41.3 Å². The van der Waals surface area contributed by atoms with Crippen LogP contribution in [0.15, 0.2) is 48.5 Å². The van der Waals surface area contributed by atoms with Crippen molar-refractivity contribution in [3.63, 3.8) is 0 Å². The van der Waals surface area contributed by atoms with Crippen LogP contribution in [0.1, 0.15) is 42.7 Å². The highest BCUT2D eigenvalue weighted by molar-refractivity contribution is 7.82. The molecule has 4 atom stereocenters. The molecule has 160 valence electrons. The van der Waals surface area contributed by atoms with Gasteiger partial charge in [0, 0.05) is 36.9 Å². The fraction of sp³-hybridized carbons (Fsp3) is 0.435. The standard InChI is InChI=1S/C23H26F2N2O2S/c1-30(29)26-16-9-6-12-27(14-16)23(28)20-13-19(20)17-10-5-11-18(22(24)25)21(17)15-7-3-2-4-8-15/h2-5,7-8,10-11,16,19-20,22,26H,6,9,12-14H2,1H3. The molecule has 1 aliphatic heterocycles. The maximum absolute atomic E-state index is 13.8. The van der Waals surface area contributed by atoms with Gasteiger partial charge in [-0.2, -0.15) is 0 Å². The van der Waals surface area contributed by atoms with Gasteiger partial charge in [0.15, 0.2) is 0 Å². The highest BCUT2D eigenvalue weighted by Gasteiger charge is 2.47. The molecule has 30 heavy (non-hydrogen) atoms. The first-order valence-corrected chi connectivity index (χ1v) is 11.9. The number of likely N-dealkylation sites (tertiary alicyclic amines) is 1. The first kappa shape index (κ1) is 21.1. The molecule has 1 heterocycles. The minimum Gasteiger partial charge on any atom is -0.341 e. The summed E-state index contributed by atoms with van der Waals surface area (Å²) in [6.07, 6.45) is 1.47. The van der Waals surface area contributed by atoms with E-state index in [0.29, 0.717) is 25.1 Å². The monoisotopic (exact) mass is 432 g/mol. The lowest BCUT2D eigenvalue weighted by molar-refractivity contribution is -0.133. The number of benzene rings is 2. The Balaban J connectivity index is 1.56. The topological polar surface area (TPSA) is 49.4 Å². The molecule has 2 aromatic carbocycles. The molecule has 2 aliphatic rings. The minimum absolute atomic E-state index is 0.0180. The molecule has 1 aliphatic carbocycles. The first-order chi connectivity index (χ1) is 14.5. The Kier molecular flexibility index (Phi) is 6.29. The van der Waals surface area contributed by atoms with E-state index < -0.39 is 17.4 Å². The van der Waals surface area contributed by atoms with Gasteiger partial charge >= 0.3 is 0 Å². The lowest BCUT2D eigenvalue weighted by atomic mass is 9.91. The Bertz CT molecular complexity index is 938. The molecule has 2 aromatic rings. The second-order valence-corrected chi connectivity index (χ2v) is 9.27. The first-order valence-electron chi connectivity index (χ1n) is 10.3. The molecule has 0 spiro atoms. The Labute approximate surface area is 178 Å². The Morgan fingerprint density at radius 1 is 1.17 bits per heavy atom. The zero-order chi connectivity index (χ0) is 21.3. The molecule has 1 amide bonds. The third kappa shape index (κ3) is 4.47. The number of alkyl halides is 2. The smallest absolute Gasteiger partial charge is 0.264 e. The number of hydrogen-bond acceptors (Lipinski definition) is 2. The molecule has 4 rings (SSSR count). The summed E-state index contributed by atoms with van der Waals surface area (Å²) in [5.41, 5.74) is 2.17. The van der Waals surface area contributed by atoms with E-state index in [0.717, 1.165) is 24.0 Å². The van der Waals surface area contributed by atoms with Crippen LogP contribution in [0, 0.1) is 5.92 Å². The van der Waals surface area contributed by atoms with E-state index in [2.05, 4.69) is 4.72 Å². The van der Waals surface area contributed by atoms with Crippen molar-refractivity contribution in [2.45, 2.75) is 37.6 Å². The van der Waals surface area contributed by atoms with Crippen molar-refractivity contribution in [1.82, 2.24) is 9.62 Å². The van der Waals surface area contributed by atoms with Gasteiger partial charge in [0.05, 0.1) is 11.0 Å². The quantitative estimate of drug-likeness (QED) is 0.741. The molecule has 7 heteroatoms. The highest BCUT2D eigenvalue weighted by Crippen LogP contribution is 2.52. The Hall–Kier alpha value is -2.12. The number of piperidine rings is 1. The molecular formula is C23H26F2N2O2S. The van der Waals surface area contributed by atoms with Gasteiger partial charge in [-0.25, -0.2) is 17.7 Å². The number of nitrogens with one attached hydrogen (secondary N) is 1. The fourth-order valence-electron chi connectivity index (χ4n) is 4.57. The van der Waals surface area contributed by atoms with Crippen LogP contribution in [0.4, 0.5) is 8.78 Å². The number of rotatable bonds is 6. The maximum atomic E-state index is 13.8. The fourth-order valence-corrected chi connectivity index (χ4v) is 5.23. The van der Waals surface area contributed by atoms with Crippen LogP contribution in [0.2, 0.25) is 0 Å². The minimum atomic E-state index is -2.57. The molecule has 1 saturated carbocycles. The van der Waals surface area contributed by atoms with E-state index in [1.165, 1.54) is 6.07 Å². The third-order valence-electron chi connectivity index (χ3n) is 6.00. The van der Waals surface area contributed by atoms with Crippen molar-refractivity contribution in [3.8, 4) is 11.1 Å². The molecule has 4 nitrogen and oxygen atoms in total. The van der Waals surface area contributed by atoms with Gasteiger partial charge in [-0.1, -0.05) is 48.5 Å². The van der Waals surface area contributed by atoms with Crippen molar-refractivity contribution >= 4 is 16.9 Å². The van der Waals surface area contributed by atoms with Crippen LogP contribution in [-0.2, 0) is 15.8 Å². The maximum Gasteiger partial charge on any atom is 0.264 e. The van der Waals surface area contributed by atoms with E-state index in [4.69, 9.17) is 0 Å². The predicted molar refractivity (Wildman–Crippen MR) is 114 cm³/mol. The second-order valence-electron chi connectivity index (χ2n) is 8.12. The summed E-state index contributed by atoms with van der Waals surface area (Å²) in [6, 6.07) is 14.3. The van der Waals surface area contributed by atoms with Gasteiger partial charge in [-0.15, -0.1) is 0 Å². The highest BCUT2D eigenvalue weighted by atomic mass is 32.2. The molecular weight excluding hydrogens is 406 g/mol. The van der Waals surface area contributed by atoms with Crippen LogP contribution in [0.3, 0.4) is 0 Å². The molecule has 0 radical (unpaired) electrons. The van der Waals surface area contributed by atoms with Gasteiger partial charge < -0.3 is 4.90 Å². The zero-order valence-electron chi connectivity index (χ0n) is 16.9. The summed E-state index contributed by atoms with van der Waals surface area (Å²) in [6.45, 7) is 1.24. The van der Waals surface area contributed by atoms with E-state index >= 15 is 0 Å². The van der Waals surface area contributed by atoms with Crippen molar-refractivity contribution in [1.29, 1.82) is 0 Å². The average molecular weight is 433 g/mol. The number of hydrogen-bond donors (Lipinski definition) is 1. The predicted octanol–water partition coefficient (Wildman–Crippen LogP) is 4.27. The molecule has 0 bridgehead atoms. The lowest BCUT2D eigenvalue weighted by Gasteiger charge is -2.33. The molecule has 1 N–H and O–H groups in total. The zero-order valence-corrected chi connectivity index (χ0v) is 17.7. The van der Waals surface area contributed by atoms with Crippen molar-refractivity contribution in [2.24, 2.45) is 5.92 Å².